The van der Waals surface area contributed by atoms with Gasteiger partial charge in [0.15, 0.2) is 11.5 Å². The second-order valence-electron chi connectivity index (χ2n) is 4.14. The van der Waals surface area contributed by atoms with Crippen molar-refractivity contribution in [2.75, 3.05) is 19.9 Å². The Morgan fingerprint density at radius 2 is 1.81 bits per heavy atom. The second-order valence-corrected chi connectivity index (χ2v) is 4.14. The summed E-state index contributed by atoms with van der Waals surface area (Å²) >= 11 is 0. The molecule has 2 aliphatic heterocycles. The first kappa shape index (κ1) is 11.6. The minimum atomic E-state index is 0. The van der Waals surface area contributed by atoms with Gasteiger partial charge in [-0.05, 0) is 49.5 Å². The molecule has 4 heteroatoms. The highest BCUT2D eigenvalue weighted by Crippen LogP contribution is 2.36. The van der Waals surface area contributed by atoms with Gasteiger partial charge in [-0.1, -0.05) is 6.07 Å². The highest BCUT2D eigenvalue weighted by molar-refractivity contribution is 5.85. The zero-order chi connectivity index (χ0) is 10.1. The molecule has 0 saturated carbocycles. The molecule has 3 nitrogen and oxygen atoms in total. The number of nitrogens with one attached hydrogen (secondary N) is 1. The number of piperidine rings is 1. The van der Waals surface area contributed by atoms with E-state index in [1.807, 2.05) is 6.07 Å². The van der Waals surface area contributed by atoms with Gasteiger partial charge in [-0.15, -0.1) is 12.4 Å². The summed E-state index contributed by atoms with van der Waals surface area (Å²) in [6, 6.07) is 6.33. The van der Waals surface area contributed by atoms with Crippen molar-refractivity contribution in [1.82, 2.24) is 5.32 Å². The van der Waals surface area contributed by atoms with Crippen molar-refractivity contribution in [3.63, 3.8) is 0 Å². The lowest BCUT2D eigenvalue weighted by Crippen LogP contribution is -2.26. The summed E-state index contributed by atoms with van der Waals surface area (Å²) in [6.45, 7) is 2.61. The number of halogens is 1. The van der Waals surface area contributed by atoms with Gasteiger partial charge in [-0.3, -0.25) is 0 Å². The van der Waals surface area contributed by atoms with Crippen molar-refractivity contribution in [2.45, 2.75) is 18.8 Å². The van der Waals surface area contributed by atoms with Crippen molar-refractivity contribution in [2.24, 2.45) is 0 Å². The lowest BCUT2D eigenvalue weighted by Gasteiger charge is -2.23. The van der Waals surface area contributed by atoms with Crippen LogP contribution in [0.15, 0.2) is 18.2 Å². The minimum absolute atomic E-state index is 0. The van der Waals surface area contributed by atoms with Crippen molar-refractivity contribution < 1.29 is 9.47 Å². The first-order valence-electron chi connectivity index (χ1n) is 5.54. The van der Waals surface area contributed by atoms with Crippen molar-refractivity contribution in [3.05, 3.63) is 23.8 Å². The molecule has 1 saturated heterocycles. The molecule has 2 heterocycles. The third-order valence-corrected chi connectivity index (χ3v) is 3.21. The van der Waals surface area contributed by atoms with E-state index >= 15 is 0 Å². The van der Waals surface area contributed by atoms with Crippen LogP contribution in [-0.4, -0.2) is 19.9 Å². The highest BCUT2D eigenvalue weighted by Gasteiger charge is 2.19. The first-order valence-corrected chi connectivity index (χ1v) is 5.54. The largest absolute Gasteiger partial charge is 0.454 e. The van der Waals surface area contributed by atoms with Gasteiger partial charge in [0.05, 0.1) is 0 Å². The predicted molar refractivity (Wildman–Crippen MR) is 64.7 cm³/mol. The van der Waals surface area contributed by atoms with Crippen LogP contribution in [0.5, 0.6) is 11.5 Å². The molecule has 1 N–H and O–H groups in total. The lowest BCUT2D eigenvalue weighted by molar-refractivity contribution is 0.174. The fourth-order valence-corrected chi connectivity index (χ4v) is 2.32. The van der Waals surface area contributed by atoms with E-state index in [0.29, 0.717) is 12.7 Å². The van der Waals surface area contributed by atoms with E-state index in [2.05, 4.69) is 17.4 Å². The molecule has 0 spiro atoms. The number of hydrogen-bond donors (Lipinski definition) is 1. The number of hydrogen-bond acceptors (Lipinski definition) is 3. The summed E-state index contributed by atoms with van der Waals surface area (Å²) < 4.78 is 10.7. The second kappa shape index (κ2) is 4.93. The molecular weight excluding hydrogens is 226 g/mol. The van der Waals surface area contributed by atoms with Gasteiger partial charge in [0.1, 0.15) is 0 Å². The molecule has 0 bridgehead atoms. The van der Waals surface area contributed by atoms with E-state index in [4.69, 9.17) is 9.47 Å². The molecule has 2 aliphatic rings. The Hall–Kier alpha value is -0.930. The van der Waals surface area contributed by atoms with Crippen LogP contribution in [0, 0.1) is 0 Å². The molecule has 0 aliphatic carbocycles. The first-order chi connectivity index (χ1) is 7.43. The standard InChI is InChI=1S/C12H15NO2.ClH/c1-2-11-12(15-8-14-11)7-10(1)9-3-5-13-6-4-9;/h1-2,7,9,13H,3-6,8H2;1H. The summed E-state index contributed by atoms with van der Waals surface area (Å²) in [5, 5.41) is 3.38. The highest BCUT2D eigenvalue weighted by atomic mass is 35.5. The summed E-state index contributed by atoms with van der Waals surface area (Å²) in [6.07, 6.45) is 2.44. The number of fused-ring (bicyclic) bond motifs is 1. The van der Waals surface area contributed by atoms with Crippen molar-refractivity contribution >= 4 is 12.4 Å². The van der Waals surface area contributed by atoms with Crippen LogP contribution in [0.2, 0.25) is 0 Å². The summed E-state index contributed by atoms with van der Waals surface area (Å²) in [5.41, 5.74) is 1.39. The maximum Gasteiger partial charge on any atom is 0.231 e. The van der Waals surface area contributed by atoms with E-state index in [0.717, 1.165) is 24.6 Å². The molecule has 1 aromatic carbocycles. The number of benzene rings is 1. The molecule has 16 heavy (non-hydrogen) atoms. The quantitative estimate of drug-likeness (QED) is 0.819. The molecule has 0 unspecified atom stereocenters. The molecule has 1 fully saturated rings. The van der Waals surface area contributed by atoms with E-state index in [-0.39, 0.29) is 12.4 Å². The van der Waals surface area contributed by atoms with Crippen LogP contribution in [0.4, 0.5) is 0 Å². The Balaban J connectivity index is 0.000000963. The third kappa shape index (κ3) is 2.11. The molecule has 0 aromatic heterocycles. The Morgan fingerprint density at radius 3 is 2.62 bits per heavy atom. The molecule has 0 amide bonds. The molecular formula is C12H16ClNO2. The van der Waals surface area contributed by atoms with Gasteiger partial charge >= 0.3 is 0 Å². The molecule has 3 rings (SSSR count). The fraction of sp³-hybridized carbons (Fsp3) is 0.500. The topological polar surface area (TPSA) is 30.5 Å². The smallest absolute Gasteiger partial charge is 0.231 e. The minimum Gasteiger partial charge on any atom is -0.454 e. The van der Waals surface area contributed by atoms with E-state index in [1.54, 1.807) is 0 Å². The zero-order valence-electron chi connectivity index (χ0n) is 9.07. The molecule has 0 atom stereocenters. The molecule has 0 radical (unpaired) electrons. The van der Waals surface area contributed by atoms with Gasteiger partial charge in [-0.25, -0.2) is 0 Å². The maximum absolute atomic E-state index is 5.39. The number of rotatable bonds is 1. The average molecular weight is 242 g/mol. The Morgan fingerprint density at radius 1 is 1.06 bits per heavy atom. The van der Waals surface area contributed by atoms with E-state index in [1.165, 1.54) is 18.4 Å². The SMILES string of the molecule is Cl.c1cc2c(cc1C1CCNCC1)OCO2. The average Bonchev–Trinajstić information content (AvgIpc) is 2.77. The molecule has 1 aromatic rings. The summed E-state index contributed by atoms with van der Waals surface area (Å²) in [7, 11) is 0. The Kier molecular flexibility index (Phi) is 3.56. The zero-order valence-corrected chi connectivity index (χ0v) is 9.89. The van der Waals surface area contributed by atoms with Gasteiger partial charge in [-0.2, -0.15) is 0 Å². The summed E-state index contributed by atoms with van der Waals surface area (Å²) in [4.78, 5) is 0. The van der Waals surface area contributed by atoms with Crippen LogP contribution in [-0.2, 0) is 0 Å². The Labute approximate surface area is 102 Å². The van der Waals surface area contributed by atoms with Gasteiger partial charge in [0, 0.05) is 0 Å². The number of ether oxygens (including phenoxy) is 2. The lowest BCUT2D eigenvalue weighted by atomic mass is 9.90. The van der Waals surface area contributed by atoms with Crippen LogP contribution < -0.4 is 14.8 Å². The van der Waals surface area contributed by atoms with Gasteiger partial charge in [0.25, 0.3) is 0 Å². The fourth-order valence-electron chi connectivity index (χ4n) is 2.32. The third-order valence-electron chi connectivity index (χ3n) is 3.21. The maximum atomic E-state index is 5.39. The van der Waals surface area contributed by atoms with Crippen molar-refractivity contribution in [1.29, 1.82) is 0 Å². The van der Waals surface area contributed by atoms with E-state index in [9.17, 15) is 0 Å². The van der Waals surface area contributed by atoms with Crippen LogP contribution in [0.3, 0.4) is 0 Å². The van der Waals surface area contributed by atoms with Crippen molar-refractivity contribution in [3.8, 4) is 11.5 Å². The summed E-state index contributed by atoms with van der Waals surface area (Å²) in [5.74, 6) is 2.47. The normalized spacial score (nSPS) is 19.2. The van der Waals surface area contributed by atoms with Crippen LogP contribution >= 0.6 is 12.4 Å². The van der Waals surface area contributed by atoms with Crippen LogP contribution in [0.1, 0.15) is 24.3 Å². The van der Waals surface area contributed by atoms with E-state index < -0.39 is 0 Å². The molecule has 88 valence electrons. The van der Waals surface area contributed by atoms with Crippen LogP contribution in [0.25, 0.3) is 0 Å². The Bertz CT molecular complexity index is 364. The monoisotopic (exact) mass is 241 g/mol. The predicted octanol–water partition coefficient (Wildman–Crippen LogP) is 2.30. The van der Waals surface area contributed by atoms with Gasteiger partial charge in [0.2, 0.25) is 6.79 Å². The van der Waals surface area contributed by atoms with Gasteiger partial charge < -0.3 is 14.8 Å².